The fourth-order valence-electron chi connectivity index (χ4n) is 1.65. The van der Waals surface area contributed by atoms with E-state index >= 15 is 0 Å². The van der Waals surface area contributed by atoms with Crippen LogP contribution in [-0.4, -0.2) is 17.1 Å². The van der Waals surface area contributed by atoms with Crippen LogP contribution in [-0.2, 0) is 10.8 Å². The van der Waals surface area contributed by atoms with Gasteiger partial charge in [0.15, 0.2) is 0 Å². The minimum absolute atomic E-state index is 0.0160. The number of rotatable bonds is 1. The topological polar surface area (TPSA) is 52.3 Å². The third-order valence-corrected chi connectivity index (χ3v) is 3.33. The first-order valence-electron chi connectivity index (χ1n) is 4.55. The summed E-state index contributed by atoms with van der Waals surface area (Å²) in [5, 5.41) is 0. The molecule has 0 amide bonds. The first kappa shape index (κ1) is 9.68. The summed E-state index contributed by atoms with van der Waals surface area (Å²) < 4.78 is 16.9. The zero-order valence-corrected chi connectivity index (χ0v) is 8.84. The number of ether oxygens (including phenoxy) is 1. The van der Waals surface area contributed by atoms with Crippen molar-refractivity contribution in [1.82, 2.24) is 0 Å². The van der Waals surface area contributed by atoms with Crippen molar-refractivity contribution in [3.05, 3.63) is 23.8 Å². The van der Waals surface area contributed by atoms with Crippen molar-refractivity contribution in [2.45, 2.75) is 17.4 Å². The van der Waals surface area contributed by atoms with Crippen molar-refractivity contribution in [1.29, 1.82) is 0 Å². The van der Waals surface area contributed by atoms with Gasteiger partial charge in [-0.3, -0.25) is 4.21 Å². The summed E-state index contributed by atoms with van der Waals surface area (Å²) in [6.45, 7) is 0.613. The van der Waals surface area contributed by atoms with Crippen LogP contribution in [0, 0.1) is 0 Å². The van der Waals surface area contributed by atoms with E-state index in [9.17, 15) is 4.21 Å². The molecule has 0 aromatic heterocycles. The summed E-state index contributed by atoms with van der Waals surface area (Å²) in [5.41, 5.74) is 6.91. The number of fused-ring (bicyclic) bond motifs is 1. The molecule has 76 valence electrons. The molecule has 2 atom stereocenters. The molecule has 2 N–H and O–H groups in total. The standard InChI is InChI=1S/C10H13NO2S/c1-14(12)9-4-2-3-7-8(11)5-6-13-10(7)9/h2-4,8H,5-6,11H2,1H3/t8-,14?/m0/s1. The van der Waals surface area contributed by atoms with Crippen molar-refractivity contribution in [2.24, 2.45) is 5.73 Å². The maximum absolute atomic E-state index is 11.4. The largest absolute Gasteiger partial charge is 0.492 e. The Balaban J connectivity index is 2.55. The molecule has 14 heavy (non-hydrogen) atoms. The molecule has 3 nitrogen and oxygen atoms in total. The van der Waals surface area contributed by atoms with Crippen molar-refractivity contribution in [2.75, 3.05) is 12.9 Å². The van der Waals surface area contributed by atoms with E-state index in [1.54, 1.807) is 6.26 Å². The molecule has 4 heteroatoms. The lowest BCUT2D eigenvalue weighted by molar-refractivity contribution is 0.262. The first-order chi connectivity index (χ1) is 6.70. The molecule has 1 aromatic rings. The molecule has 0 bridgehead atoms. The molecule has 1 aliphatic heterocycles. The van der Waals surface area contributed by atoms with Gasteiger partial charge in [0.1, 0.15) is 5.75 Å². The molecule has 0 radical (unpaired) electrons. The van der Waals surface area contributed by atoms with Crippen molar-refractivity contribution in [3.63, 3.8) is 0 Å². The van der Waals surface area contributed by atoms with Gasteiger partial charge in [-0.25, -0.2) is 0 Å². The van der Waals surface area contributed by atoms with E-state index in [1.807, 2.05) is 18.2 Å². The summed E-state index contributed by atoms with van der Waals surface area (Å²) in [4.78, 5) is 0.748. The zero-order chi connectivity index (χ0) is 10.1. The van der Waals surface area contributed by atoms with E-state index in [-0.39, 0.29) is 6.04 Å². The Morgan fingerprint density at radius 2 is 2.36 bits per heavy atom. The van der Waals surface area contributed by atoms with Crippen molar-refractivity contribution in [3.8, 4) is 5.75 Å². The summed E-state index contributed by atoms with van der Waals surface area (Å²) in [6, 6.07) is 5.66. The summed E-state index contributed by atoms with van der Waals surface area (Å²) in [5.74, 6) is 0.729. The molecular formula is C10H13NO2S. The van der Waals surface area contributed by atoms with Crippen LogP contribution in [0.4, 0.5) is 0 Å². The third-order valence-electron chi connectivity index (χ3n) is 2.39. The highest BCUT2D eigenvalue weighted by Gasteiger charge is 2.21. The summed E-state index contributed by atoms with van der Waals surface area (Å²) in [7, 11) is -1.01. The number of para-hydroxylation sites is 1. The van der Waals surface area contributed by atoms with E-state index in [0.29, 0.717) is 6.61 Å². The fraction of sp³-hybridized carbons (Fsp3) is 0.400. The SMILES string of the molecule is CS(=O)c1cccc2c1OCC[C@@H]2N. The quantitative estimate of drug-likeness (QED) is 0.759. The lowest BCUT2D eigenvalue weighted by Crippen LogP contribution is -2.21. The predicted octanol–water partition coefficient (Wildman–Crippen LogP) is 1.21. The monoisotopic (exact) mass is 211 g/mol. The Bertz CT molecular complexity index is 378. The molecule has 1 aromatic carbocycles. The molecule has 1 heterocycles. The van der Waals surface area contributed by atoms with E-state index in [2.05, 4.69) is 0 Å². The van der Waals surface area contributed by atoms with Crippen LogP contribution in [0.15, 0.2) is 23.1 Å². The Morgan fingerprint density at radius 1 is 1.57 bits per heavy atom. The Labute approximate surface area is 85.7 Å². The van der Waals surface area contributed by atoms with Crippen LogP contribution in [0.2, 0.25) is 0 Å². The Morgan fingerprint density at radius 3 is 3.07 bits per heavy atom. The maximum atomic E-state index is 11.4. The van der Waals surface area contributed by atoms with Gasteiger partial charge in [-0.15, -0.1) is 0 Å². The number of hydrogen-bond acceptors (Lipinski definition) is 3. The van der Waals surface area contributed by atoms with E-state index < -0.39 is 10.8 Å². The van der Waals surface area contributed by atoms with Gasteiger partial charge < -0.3 is 10.5 Å². The minimum atomic E-state index is -1.01. The summed E-state index contributed by atoms with van der Waals surface area (Å²) >= 11 is 0. The van der Waals surface area contributed by atoms with Gasteiger partial charge in [0.25, 0.3) is 0 Å². The first-order valence-corrected chi connectivity index (χ1v) is 6.10. The van der Waals surface area contributed by atoms with Crippen LogP contribution in [0.3, 0.4) is 0 Å². The highest BCUT2D eigenvalue weighted by Crippen LogP contribution is 2.34. The molecule has 2 rings (SSSR count). The van der Waals surface area contributed by atoms with Gasteiger partial charge in [-0.05, 0) is 6.07 Å². The average Bonchev–Trinajstić information content (AvgIpc) is 2.17. The van der Waals surface area contributed by atoms with E-state index in [0.717, 1.165) is 22.6 Å². The molecule has 0 saturated heterocycles. The molecule has 1 aliphatic rings. The lowest BCUT2D eigenvalue weighted by Gasteiger charge is -2.24. The second-order valence-corrected chi connectivity index (χ2v) is 4.72. The molecule has 0 spiro atoms. The molecular weight excluding hydrogens is 198 g/mol. The zero-order valence-electron chi connectivity index (χ0n) is 8.03. The Kier molecular flexibility index (Phi) is 2.56. The second kappa shape index (κ2) is 3.71. The normalized spacial score (nSPS) is 22.3. The number of hydrogen-bond donors (Lipinski definition) is 1. The predicted molar refractivity (Wildman–Crippen MR) is 55.8 cm³/mol. The minimum Gasteiger partial charge on any atom is -0.492 e. The smallest absolute Gasteiger partial charge is 0.140 e. The van der Waals surface area contributed by atoms with E-state index in [1.165, 1.54) is 0 Å². The third kappa shape index (κ3) is 1.55. The van der Waals surface area contributed by atoms with Gasteiger partial charge in [0.2, 0.25) is 0 Å². The highest BCUT2D eigenvalue weighted by molar-refractivity contribution is 7.84. The molecule has 0 fully saturated rings. The molecule has 0 saturated carbocycles. The Hall–Kier alpha value is -0.870. The maximum Gasteiger partial charge on any atom is 0.140 e. The van der Waals surface area contributed by atoms with Gasteiger partial charge in [0.05, 0.1) is 22.3 Å². The van der Waals surface area contributed by atoms with Crippen LogP contribution in [0.25, 0.3) is 0 Å². The second-order valence-electron chi connectivity index (χ2n) is 3.37. The van der Waals surface area contributed by atoms with Gasteiger partial charge in [-0.2, -0.15) is 0 Å². The van der Waals surface area contributed by atoms with Crippen LogP contribution in [0.5, 0.6) is 5.75 Å². The fourth-order valence-corrected chi connectivity index (χ4v) is 2.36. The van der Waals surface area contributed by atoms with E-state index in [4.69, 9.17) is 10.5 Å². The highest BCUT2D eigenvalue weighted by atomic mass is 32.2. The van der Waals surface area contributed by atoms with Crippen LogP contribution < -0.4 is 10.5 Å². The van der Waals surface area contributed by atoms with Crippen LogP contribution in [0.1, 0.15) is 18.0 Å². The lowest BCUT2D eigenvalue weighted by atomic mass is 10.0. The number of benzene rings is 1. The van der Waals surface area contributed by atoms with Gasteiger partial charge in [0, 0.05) is 24.3 Å². The van der Waals surface area contributed by atoms with Gasteiger partial charge in [-0.1, -0.05) is 12.1 Å². The van der Waals surface area contributed by atoms with Crippen molar-refractivity contribution < 1.29 is 8.95 Å². The molecule has 1 unspecified atom stereocenters. The van der Waals surface area contributed by atoms with Crippen LogP contribution >= 0.6 is 0 Å². The van der Waals surface area contributed by atoms with Gasteiger partial charge >= 0.3 is 0 Å². The van der Waals surface area contributed by atoms with Crippen molar-refractivity contribution >= 4 is 10.8 Å². The number of nitrogens with two attached hydrogens (primary N) is 1. The average molecular weight is 211 g/mol. The molecule has 0 aliphatic carbocycles. The summed E-state index contributed by atoms with van der Waals surface area (Å²) in [6.07, 6.45) is 2.48.